The van der Waals surface area contributed by atoms with Crippen molar-refractivity contribution in [2.75, 3.05) is 5.43 Å². The van der Waals surface area contributed by atoms with Crippen LogP contribution < -0.4 is 16.0 Å². The van der Waals surface area contributed by atoms with Gasteiger partial charge in [-0.25, -0.2) is 8.78 Å². The fourth-order valence-corrected chi connectivity index (χ4v) is 1.50. The molecule has 2 aromatic carbocycles. The van der Waals surface area contributed by atoms with Gasteiger partial charge in [-0.05, 0) is 5.56 Å². The van der Waals surface area contributed by atoms with Crippen molar-refractivity contribution in [2.24, 2.45) is 5.84 Å². The van der Waals surface area contributed by atoms with Crippen molar-refractivity contribution in [1.82, 2.24) is 0 Å². The Morgan fingerprint density at radius 1 is 1.06 bits per heavy atom. The van der Waals surface area contributed by atoms with Crippen LogP contribution in [-0.2, 0) is 6.61 Å². The summed E-state index contributed by atoms with van der Waals surface area (Å²) >= 11 is 0. The van der Waals surface area contributed by atoms with E-state index in [9.17, 15) is 8.78 Å². The van der Waals surface area contributed by atoms with E-state index in [0.29, 0.717) is 0 Å². The lowest BCUT2D eigenvalue weighted by Gasteiger charge is -2.11. The van der Waals surface area contributed by atoms with Gasteiger partial charge in [-0.15, -0.1) is 0 Å². The normalized spacial score (nSPS) is 10.2. The highest BCUT2D eigenvalue weighted by Gasteiger charge is 2.10. The van der Waals surface area contributed by atoms with E-state index in [1.54, 1.807) is 0 Å². The van der Waals surface area contributed by atoms with Crippen LogP contribution in [0.3, 0.4) is 0 Å². The number of rotatable bonds is 4. The van der Waals surface area contributed by atoms with Gasteiger partial charge in [-0.3, -0.25) is 5.84 Å². The maximum atomic E-state index is 13.1. The predicted octanol–water partition coefficient (Wildman–Crippen LogP) is 2.83. The van der Waals surface area contributed by atoms with E-state index < -0.39 is 11.6 Å². The van der Waals surface area contributed by atoms with Crippen LogP contribution in [0.4, 0.5) is 14.5 Å². The molecule has 0 atom stereocenters. The highest BCUT2D eigenvalue weighted by molar-refractivity contribution is 5.55. The number of hydrogen-bond donors (Lipinski definition) is 2. The number of nitrogen functional groups attached to an aromatic ring is 1. The maximum Gasteiger partial charge on any atom is 0.162 e. The van der Waals surface area contributed by atoms with Crippen molar-refractivity contribution in [3.05, 3.63) is 59.7 Å². The molecule has 0 unspecified atom stereocenters. The van der Waals surface area contributed by atoms with Gasteiger partial charge in [0.1, 0.15) is 12.4 Å². The first-order chi connectivity index (χ1) is 8.70. The van der Waals surface area contributed by atoms with Crippen LogP contribution in [0.15, 0.2) is 42.5 Å². The Labute approximate surface area is 103 Å². The van der Waals surface area contributed by atoms with Gasteiger partial charge in [0.05, 0.1) is 5.69 Å². The Morgan fingerprint density at radius 2 is 1.72 bits per heavy atom. The van der Waals surface area contributed by atoms with E-state index in [1.165, 1.54) is 0 Å². The Bertz CT molecular complexity index is 532. The molecular weight excluding hydrogens is 238 g/mol. The van der Waals surface area contributed by atoms with Crippen LogP contribution in [0.25, 0.3) is 0 Å². The Balaban J connectivity index is 2.16. The molecule has 0 saturated carbocycles. The van der Waals surface area contributed by atoms with E-state index in [1.807, 2.05) is 30.3 Å². The maximum absolute atomic E-state index is 13.1. The third-order valence-electron chi connectivity index (χ3n) is 2.42. The number of benzene rings is 2. The summed E-state index contributed by atoms with van der Waals surface area (Å²) in [5.74, 6) is 3.43. The molecular formula is C13H12F2N2O. The molecule has 3 nitrogen and oxygen atoms in total. The first-order valence-corrected chi connectivity index (χ1v) is 5.33. The average molecular weight is 250 g/mol. The lowest BCUT2D eigenvalue weighted by molar-refractivity contribution is 0.305. The zero-order valence-electron chi connectivity index (χ0n) is 9.49. The molecule has 0 aliphatic carbocycles. The van der Waals surface area contributed by atoms with Crippen molar-refractivity contribution in [3.8, 4) is 5.75 Å². The molecule has 3 N–H and O–H groups in total. The highest BCUT2D eigenvalue weighted by atomic mass is 19.2. The molecule has 0 aliphatic rings. The summed E-state index contributed by atoms with van der Waals surface area (Å²) < 4.78 is 31.5. The number of hydrazine groups is 1. The molecule has 2 rings (SSSR count). The third kappa shape index (κ3) is 2.75. The van der Waals surface area contributed by atoms with E-state index in [4.69, 9.17) is 10.6 Å². The van der Waals surface area contributed by atoms with Crippen molar-refractivity contribution in [3.63, 3.8) is 0 Å². The van der Waals surface area contributed by atoms with Gasteiger partial charge in [0.25, 0.3) is 0 Å². The van der Waals surface area contributed by atoms with Crippen LogP contribution in [-0.4, -0.2) is 0 Å². The van der Waals surface area contributed by atoms with Crippen molar-refractivity contribution in [1.29, 1.82) is 0 Å². The highest BCUT2D eigenvalue weighted by Crippen LogP contribution is 2.27. The van der Waals surface area contributed by atoms with Crippen LogP contribution in [0.5, 0.6) is 5.75 Å². The molecule has 0 radical (unpaired) electrons. The summed E-state index contributed by atoms with van der Waals surface area (Å²) in [5.41, 5.74) is 3.39. The summed E-state index contributed by atoms with van der Waals surface area (Å²) in [5, 5.41) is 0. The van der Waals surface area contributed by atoms with Crippen molar-refractivity contribution < 1.29 is 13.5 Å². The molecule has 94 valence electrons. The van der Waals surface area contributed by atoms with Crippen molar-refractivity contribution in [2.45, 2.75) is 6.61 Å². The summed E-state index contributed by atoms with van der Waals surface area (Å²) in [4.78, 5) is 0. The van der Waals surface area contributed by atoms with Gasteiger partial charge in [-0.1, -0.05) is 30.3 Å². The molecule has 18 heavy (non-hydrogen) atoms. The first-order valence-electron chi connectivity index (χ1n) is 5.33. The Hall–Kier alpha value is -2.14. The zero-order valence-corrected chi connectivity index (χ0v) is 9.49. The minimum Gasteiger partial charge on any atom is -0.487 e. The van der Waals surface area contributed by atoms with E-state index in [0.717, 1.165) is 17.7 Å². The second kappa shape index (κ2) is 5.46. The Morgan fingerprint density at radius 3 is 2.39 bits per heavy atom. The zero-order chi connectivity index (χ0) is 13.0. The minimum atomic E-state index is -0.977. The first kappa shape index (κ1) is 12.3. The topological polar surface area (TPSA) is 47.3 Å². The van der Waals surface area contributed by atoms with Crippen molar-refractivity contribution >= 4 is 5.69 Å². The molecule has 0 spiro atoms. The fourth-order valence-electron chi connectivity index (χ4n) is 1.50. The van der Waals surface area contributed by atoms with Crippen LogP contribution in [0.1, 0.15) is 5.56 Å². The van der Waals surface area contributed by atoms with Crippen LogP contribution in [0, 0.1) is 11.6 Å². The SMILES string of the molecule is NNc1cc(F)c(F)cc1OCc1ccccc1. The standard InChI is InChI=1S/C13H12F2N2O/c14-10-6-12(17-16)13(7-11(10)15)18-8-9-4-2-1-3-5-9/h1-7,17H,8,16H2. The largest absolute Gasteiger partial charge is 0.487 e. The monoisotopic (exact) mass is 250 g/mol. The molecule has 0 aliphatic heterocycles. The van der Waals surface area contributed by atoms with E-state index >= 15 is 0 Å². The number of anilines is 1. The number of hydrogen-bond acceptors (Lipinski definition) is 3. The quantitative estimate of drug-likeness (QED) is 0.648. The second-order valence-electron chi connectivity index (χ2n) is 3.68. The number of halogens is 2. The van der Waals surface area contributed by atoms with Gasteiger partial charge in [-0.2, -0.15) is 0 Å². The average Bonchev–Trinajstić information content (AvgIpc) is 2.41. The summed E-state index contributed by atoms with van der Waals surface area (Å²) in [7, 11) is 0. The predicted molar refractivity (Wildman–Crippen MR) is 64.9 cm³/mol. The van der Waals surface area contributed by atoms with Gasteiger partial charge in [0.15, 0.2) is 11.6 Å². The lowest BCUT2D eigenvalue weighted by Crippen LogP contribution is -2.10. The minimum absolute atomic E-state index is 0.167. The third-order valence-corrected chi connectivity index (χ3v) is 2.42. The molecule has 5 heteroatoms. The summed E-state index contributed by atoms with van der Waals surface area (Å²) in [6.45, 7) is 0.251. The summed E-state index contributed by atoms with van der Waals surface area (Å²) in [6, 6.07) is 11.3. The molecule has 0 fully saturated rings. The summed E-state index contributed by atoms with van der Waals surface area (Å²) in [6.07, 6.45) is 0. The fraction of sp³-hybridized carbons (Fsp3) is 0.0769. The lowest BCUT2D eigenvalue weighted by atomic mass is 10.2. The molecule has 2 aromatic rings. The molecule has 0 bridgehead atoms. The van der Waals surface area contributed by atoms with Gasteiger partial charge >= 0.3 is 0 Å². The number of nitrogens with two attached hydrogens (primary N) is 1. The van der Waals surface area contributed by atoms with Gasteiger partial charge < -0.3 is 10.2 Å². The molecule has 0 aromatic heterocycles. The number of nitrogens with one attached hydrogen (secondary N) is 1. The van der Waals surface area contributed by atoms with Crippen LogP contribution in [0.2, 0.25) is 0 Å². The Kier molecular flexibility index (Phi) is 3.74. The van der Waals surface area contributed by atoms with Gasteiger partial charge in [0.2, 0.25) is 0 Å². The molecule has 0 saturated heterocycles. The smallest absolute Gasteiger partial charge is 0.162 e. The second-order valence-corrected chi connectivity index (χ2v) is 3.68. The van der Waals surface area contributed by atoms with Gasteiger partial charge in [0, 0.05) is 12.1 Å². The van der Waals surface area contributed by atoms with Crippen LogP contribution >= 0.6 is 0 Å². The molecule has 0 heterocycles. The number of ether oxygens (including phenoxy) is 1. The van der Waals surface area contributed by atoms with E-state index in [2.05, 4.69) is 5.43 Å². The molecule has 0 amide bonds. The van der Waals surface area contributed by atoms with E-state index in [-0.39, 0.29) is 18.0 Å².